The van der Waals surface area contributed by atoms with Crippen LogP contribution in [0.5, 0.6) is 0 Å². The van der Waals surface area contributed by atoms with E-state index in [2.05, 4.69) is 144 Å². The molecule has 0 nitrogen and oxygen atoms in total. The molecule has 0 fully saturated rings. The van der Waals surface area contributed by atoms with Crippen LogP contribution in [0, 0.1) is 0 Å². The third kappa shape index (κ3) is 10.3. The molecule has 0 N–H and O–H groups in total. The van der Waals surface area contributed by atoms with Gasteiger partial charge in [-0.1, -0.05) is 0 Å². The SMILES string of the molecule is CC(C)(C)c1cc2c(cc1C(C)(C)C)-c1cc(C(C)(C)C)c(C(C)(C)C)[c]([Zr+2]([C]3=CC=CC3)=[C](c3ccc(C(Cl)(Cl)Cl)cc3)c3ccc(C(Cl)(Cl)Cl)cc3)c1C2.[Cl-].[Cl-]. The van der Waals surface area contributed by atoms with E-state index in [1.54, 1.807) is 3.27 Å². The zero-order valence-electron chi connectivity index (χ0n) is 35.5. The van der Waals surface area contributed by atoms with E-state index in [9.17, 15) is 0 Å². The van der Waals surface area contributed by atoms with Crippen molar-refractivity contribution in [3.8, 4) is 11.1 Å². The predicted molar refractivity (Wildman–Crippen MR) is 246 cm³/mol. The Morgan fingerprint density at radius 3 is 1.34 bits per heavy atom. The fourth-order valence-electron chi connectivity index (χ4n) is 8.45. The average Bonchev–Trinajstić information content (AvgIpc) is 3.72. The molecule has 2 aliphatic carbocycles. The minimum absolute atomic E-state index is 0. The fraction of sp³-hybridized carbons (Fsp3) is 0.408. The van der Waals surface area contributed by atoms with Gasteiger partial charge in [0.1, 0.15) is 0 Å². The van der Waals surface area contributed by atoms with Crippen molar-refractivity contribution >= 4 is 76.1 Å². The number of fused-ring (bicyclic) bond motifs is 3. The van der Waals surface area contributed by atoms with Crippen LogP contribution in [-0.2, 0) is 56.9 Å². The van der Waals surface area contributed by atoms with Gasteiger partial charge in [0.2, 0.25) is 0 Å². The quantitative estimate of drug-likeness (QED) is 0.158. The van der Waals surface area contributed by atoms with E-state index in [1.807, 2.05) is 24.3 Å². The molecule has 0 saturated heterocycles. The molecule has 2 aliphatic rings. The van der Waals surface area contributed by atoms with Crippen molar-refractivity contribution in [2.75, 3.05) is 0 Å². The molecule has 0 unspecified atom stereocenters. The van der Waals surface area contributed by atoms with Crippen LogP contribution in [0.3, 0.4) is 0 Å². The fourth-order valence-corrected chi connectivity index (χ4v) is 18.2. The molecule has 0 heterocycles. The number of rotatable bonds is 4. The van der Waals surface area contributed by atoms with E-state index in [1.165, 1.54) is 51.0 Å². The van der Waals surface area contributed by atoms with E-state index in [4.69, 9.17) is 69.6 Å². The first-order chi connectivity index (χ1) is 25.6. The first kappa shape index (κ1) is 50.1. The van der Waals surface area contributed by atoms with Crippen molar-refractivity contribution in [3.63, 3.8) is 0 Å². The van der Waals surface area contributed by atoms with Gasteiger partial charge in [0.25, 0.3) is 0 Å². The summed E-state index contributed by atoms with van der Waals surface area (Å²) in [6.07, 6.45) is 8.79. The minimum Gasteiger partial charge on any atom is -1.00 e. The third-order valence-electron chi connectivity index (χ3n) is 11.1. The maximum atomic E-state index is 6.43. The Kier molecular flexibility index (Phi) is 15.1. The summed E-state index contributed by atoms with van der Waals surface area (Å²) in [6, 6.07) is 24.1. The number of halogens is 8. The van der Waals surface area contributed by atoms with E-state index in [-0.39, 0.29) is 46.5 Å². The van der Waals surface area contributed by atoms with Crippen molar-refractivity contribution in [2.45, 2.75) is 125 Å². The molecule has 0 radical (unpaired) electrons. The first-order valence-corrected chi connectivity index (χ1v) is 25.4. The maximum Gasteiger partial charge on any atom is -1.00 e. The standard InChI is InChI=1S/C29H41.C15H8Cl6.C5H5.2ClH.Zr/c1-26(2,3)22-14-18-13-19-15-23(27(4,5)6)25(29(10,11)12)17-21(19)20(18)16-24(22)28(7,8)9;16-14(17,18)12-5-1-10(2-6-12)9-11-3-7-13(8-4-11)15(19,20)21;1-2-4-5-3-1;;;/h14,16-17H,13H2,1-12H3;1-8H;1-3H,4H2;2*1H;/q;;;;;+2/p-2. The van der Waals surface area contributed by atoms with Gasteiger partial charge in [0.05, 0.1) is 0 Å². The average molecular weight is 1020 g/mol. The molecule has 4 aromatic rings. The first-order valence-electron chi connectivity index (χ1n) is 19.4. The van der Waals surface area contributed by atoms with Crippen LogP contribution in [-0.4, -0.2) is 3.21 Å². The van der Waals surface area contributed by atoms with Gasteiger partial charge in [-0.15, -0.1) is 0 Å². The third-order valence-corrected chi connectivity index (χ3v) is 20.1. The van der Waals surface area contributed by atoms with Gasteiger partial charge in [0.15, 0.2) is 0 Å². The molecule has 310 valence electrons. The van der Waals surface area contributed by atoms with Crippen molar-refractivity contribution < 1.29 is 46.1 Å². The Morgan fingerprint density at radius 1 is 0.534 bits per heavy atom. The second-order valence-corrected chi connectivity index (χ2v) is 30.1. The molecule has 0 atom stereocenters. The van der Waals surface area contributed by atoms with Crippen molar-refractivity contribution in [1.29, 1.82) is 0 Å². The molecule has 6 rings (SSSR count). The molecule has 0 saturated carbocycles. The topological polar surface area (TPSA) is 0 Å². The van der Waals surface area contributed by atoms with Crippen LogP contribution >= 0.6 is 69.6 Å². The zero-order chi connectivity index (χ0) is 41.6. The molecular weight excluding hydrogens is 963 g/mol. The van der Waals surface area contributed by atoms with Crippen LogP contribution in [0.4, 0.5) is 0 Å². The molecule has 0 bridgehead atoms. The summed E-state index contributed by atoms with van der Waals surface area (Å²) >= 11 is 35.3. The van der Waals surface area contributed by atoms with Gasteiger partial charge < -0.3 is 24.8 Å². The molecule has 0 aliphatic heterocycles. The summed E-state index contributed by atoms with van der Waals surface area (Å²) in [7, 11) is 0. The second kappa shape index (κ2) is 17.5. The number of hydrogen-bond acceptors (Lipinski definition) is 0. The van der Waals surface area contributed by atoms with E-state index >= 15 is 0 Å². The largest absolute Gasteiger partial charge is 1.00 e. The van der Waals surface area contributed by atoms with E-state index in [0.29, 0.717) is 11.1 Å². The minimum atomic E-state index is -3.23. The van der Waals surface area contributed by atoms with Crippen LogP contribution in [0.25, 0.3) is 11.1 Å². The van der Waals surface area contributed by atoms with E-state index in [0.717, 1.165) is 24.0 Å². The van der Waals surface area contributed by atoms with Crippen LogP contribution in [0.2, 0.25) is 0 Å². The molecule has 0 spiro atoms. The van der Waals surface area contributed by atoms with Crippen LogP contribution in [0.15, 0.2) is 88.2 Å². The zero-order valence-corrected chi connectivity index (χ0v) is 44.0. The molecule has 4 aromatic carbocycles. The van der Waals surface area contributed by atoms with Crippen LogP contribution in [0.1, 0.15) is 145 Å². The Hall–Kier alpha value is -0.567. The second-order valence-electron chi connectivity index (χ2n) is 19.7. The van der Waals surface area contributed by atoms with Crippen molar-refractivity contribution in [1.82, 2.24) is 0 Å². The predicted octanol–water partition coefficient (Wildman–Crippen LogP) is 9.47. The number of benzene rings is 4. The number of hydrogen-bond donors (Lipinski definition) is 0. The molecule has 0 amide bonds. The summed E-state index contributed by atoms with van der Waals surface area (Å²) < 4.78 is 1.40. The van der Waals surface area contributed by atoms with Gasteiger partial charge in [0, 0.05) is 0 Å². The summed E-state index contributed by atoms with van der Waals surface area (Å²) in [6.45, 7) is 28.4. The summed E-state index contributed by atoms with van der Waals surface area (Å²) in [5.74, 6) is 0. The summed E-state index contributed by atoms with van der Waals surface area (Å²) in [5, 5.41) is 0. The Balaban J connectivity index is 0.00000372. The van der Waals surface area contributed by atoms with E-state index < -0.39 is 28.9 Å². The Bertz CT molecular complexity index is 2210. The normalized spacial score (nSPS) is 14.2. The number of alkyl halides is 6. The monoisotopic (exact) mass is 1010 g/mol. The molecular formula is C49H54Cl8Zr. The maximum absolute atomic E-state index is 6.43. The summed E-state index contributed by atoms with van der Waals surface area (Å²) in [4.78, 5) is 0. The van der Waals surface area contributed by atoms with Gasteiger partial charge in [-0.3, -0.25) is 0 Å². The summed E-state index contributed by atoms with van der Waals surface area (Å²) in [5.41, 5.74) is 14.7. The Labute approximate surface area is 398 Å². The van der Waals surface area contributed by atoms with Gasteiger partial charge in [-0.25, -0.2) is 0 Å². The smallest absolute Gasteiger partial charge is 1.00 e. The van der Waals surface area contributed by atoms with Gasteiger partial charge in [-0.2, -0.15) is 0 Å². The molecule has 9 heteroatoms. The molecule has 0 aromatic heterocycles. The van der Waals surface area contributed by atoms with Gasteiger partial charge >= 0.3 is 378 Å². The van der Waals surface area contributed by atoms with Crippen LogP contribution < -0.4 is 28.1 Å². The molecule has 58 heavy (non-hydrogen) atoms. The van der Waals surface area contributed by atoms with Gasteiger partial charge in [-0.05, 0) is 0 Å². The Morgan fingerprint density at radius 2 is 0.966 bits per heavy atom. The van der Waals surface area contributed by atoms with Crippen molar-refractivity contribution in [3.05, 3.63) is 144 Å². The number of allylic oxidation sites excluding steroid dienone is 4. The van der Waals surface area contributed by atoms with Crippen molar-refractivity contribution in [2.24, 2.45) is 0 Å².